The normalized spacial score (nSPS) is 57.7. The molecular formula is C30H48O5. The summed E-state index contributed by atoms with van der Waals surface area (Å²) in [7, 11) is 0. The van der Waals surface area contributed by atoms with Crippen LogP contribution < -0.4 is 0 Å². The molecular weight excluding hydrogens is 440 g/mol. The lowest BCUT2D eigenvalue weighted by Gasteiger charge is -2.73. The third kappa shape index (κ3) is 2.95. The highest BCUT2D eigenvalue weighted by Gasteiger charge is 2.72. The molecule has 35 heavy (non-hydrogen) atoms. The number of aliphatic carboxylic acids is 1. The molecule has 4 N–H and O–H groups in total. The molecule has 198 valence electrons. The van der Waals surface area contributed by atoms with E-state index in [4.69, 9.17) is 0 Å². The van der Waals surface area contributed by atoms with Gasteiger partial charge in [-0.05, 0) is 104 Å². The Morgan fingerprint density at radius 2 is 1.69 bits per heavy atom. The van der Waals surface area contributed by atoms with Gasteiger partial charge in [0.05, 0.1) is 24.2 Å². The average molecular weight is 489 g/mol. The highest BCUT2D eigenvalue weighted by atomic mass is 16.4. The second kappa shape index (κ2) is 7.80. The van der Waals surface area contributed by atoms with Gasteiger partial charge in [0, 0.05) is 5.41 Å². The molecule has 5 aliphatic carbocycles. The molecule has 0 spiro atoms. The monoisotopic (exact) mass is 488 g/mol. The van der Waals surface area contributed by atoms with Crippen LogP contribution in [0.2, 0.25) is 0 Å². The van der Waals surface area contributed by atoms with Crippen molar-refractivity contribution in [2.75, 3.05) is 6.61 Å². The van der Waals surface area contributed by atoms with Crippen LogP contribution in [-0.4, -0.2) is 45.2 Å². The molecule has 4 fully saturated rings. The van der Waals surface area contributed by atoms with E-state index in [1.807, 2.05) is 6.92 Å². The molecule has 0 aromatic heterocycles. The Morgan fingerprint density at radius 3 is 2.31 bits per heavy atom. The first-order valence-electron chi connectivity index (χ1n) is 14.1. The number of hydrogen-bond donors (Lipinski definition) is 4. The van der Waals surface area contributed by atoms with Gasteiger partial charge in [-0.1, -0.05) is 46.3 Å². The molecule has 0 amide bonds. The first-order chi connectivity index (χ1) is 16.2. The summed E-state index contributed by atoms with van der Waals surface area (Å²) in [5, 5.41) is 42.9. The van der Waals surface area contributed by atoms with Gasteiger partial charge in [-0.3, -0.25) is 4.79 Å². The zero-order chi connectivity index (χ0) is 25.8. The zero-order valence-corrected chi connectivity index (χ0v) is 22.7. The minimum atomic E-state index is -0.898. The third-order valence-corrected chi connectivity index (χ3v) is 13.7. The Kier molecular flexibility index (Phi) is 5.73. The molecule has 5 aliphatic rings. The standard InChI is InChI=1S/C30H48O5/c1-17-9-12-30(25(34)35)14-13-28(5)19(23(30)18(17)2)7-8-22-26(3)15-20(32)24(33)27(4,16-31)21(26)10-11-29(22,28)6/h9,18-24,31-33H,7-8,10-16H2,1-6H3,(H,34,35). The smallest absolute Gasteiger partial charge is 0.310 e. The quantitative estimate of drug-likeness (QED) is 0.409. The van der Waals surface area contributed by atoms with Crippen molar-refractivity contribution in [3.8, 4) is 0 Å². The highest BCUT2D eigenvalue weighted by Crippen LogP contribution is 2.76. The third-order valence-electron chi connectivity index (χ3n) is 13.7. The lowest BCUT2D eigenvalue weighted by molar-refractivity contribution is -0.273. The Labute approximate surface area is 211 Å². The van der Waals surface area contributed by atoms with Crippen LogP contribution in [0.1, 0.15) is 92.9 Å². The number of allylic oxidation sites excluding steroid dienone is 2. The predicted molar refractivity (Wildman–Crippen MR) is 135 cm³/mol. The van der Waals surface area contributed by atoms with Crippen LogP contribution in [-0.2, 0) is 4.79 Å². The number of rotatable bonds is 2. The second-order valence-electron chi connectivity index (χ2n) is 14.5. The summed E-state index contributed by atoms with van der Waals surface area (Å²) in [5.74, 6) is 0.754. The van der Waals surface area contributed by atoms with Gasteiger partial charge in [-0.15, -0.1) is 0 Å². The van der Waals surface area contributed by atoms with E-state index in [9.17, 15) is 25.2 Å². The summed E-state index contributed by atoms with van der Waals surface area (Å²) in [6.45, 7) is 13.6. The molecule has 0 aromatic rings. The molecule has 5 nitrogen and oxygen atoms in total. The molecule has 0 aliphatic heterocycles. The van der Waals surface area contributed by atoms with E-state index >= 15 is 0 Å². The Morgan fingerprint density at radius 1 is 1.00 bits per heavy atom. The van der Waals surface area contributed by atoms with Gasteiger partial charge in [0.15, 0.2) is 0 Å². The summed E-state index contributed by atoms with van der Waals surface area (Å²) in [5.41, 5.74) is -0.0756. The van der Waals surface area contributed by atoms with E-state index in [2.05, 4.69) is 40.7 Å². The summed E-state index contributed by atoms with van der Waals surface area (Å²) in [6.07, 6.45) is 7.45. The number of aliphatic hydroxyl groups excluding tert-OH is 3. The summed E-state index contributed by atoms with van der Waals surface area (Å²) < 4.78 is 0. The van der Waals surface area contributed by atoms with Crippen LogP contribution in [0.3, 0.4) is 0 Å². The Bertz CT molecular complexity index is 930. The van der Waals surface area contributed by atoms with E-state index in [0.717, 1.165) is 38.5 Å². The van der Waals surface area contributed by atoms with Gasteiger partial charge < -0.3 is 20.4 Å². The molecule has 0 heterocycles. The van der Waals surface area contributed by atoms with Gasteiger partial charge in [0.1, 0.15) is 0 Å². The van der Waals surface area contributed by atoms with Crippen LogP contribution in [0.25, 0.3) is 0 Å². The average Bonchev–Trinajstić information content (AvgIpc) is 2.80. The minimum absolute atomic E-state index is 0.0377. The lowest BCUT2D eigenvalue weighted by atomic mass is 9.31. The van der Waals surface area contributed by atoms with Crippen molar-refractivity contribution >= 4 is 5.97 Å². The van der Waals surface area contributed by atoms with Crippen molar-refractivity contribution in [1.82, 2.24) is 0 Å². The summed E-state index contributed by atoms with van der Waals surface area (Å²) in [4.78, 5) is 12.8. The molecule has 0 saturated heterocycles. The summed E-state index contributed by atoms with van der Waals surface area (Å²) >= 11 is 0. The van der Waals surface area contributed by atoms with Crippen LogP contribution in [0.5, 0.6) is 0 Å². The predicted octanol–water partition coefficient (Wildman–Crippen LogP) is 5.03. The fraction of sp³-hybridized carbons (Fsp3) is 0.900. The van der Waals surface area contributed by atoms with Crippen LogP contribution in [0.4, 0.5) is 0 Å². The van der Waals surface area contributed by atoms with Gasteiger partial charge in [0.2, 0.25) is 0 Å². The second-order valence-corrected chi connectivity index (χ2v) is 14.5. The molecule has 0 aromatic carbocycles. The molecule has 5 heteroatoms. The van der Waals surface area contributed by atoms with E-state index in [0.29, 0.717) is 24.7 Å². The molecule has 4 saturated carbocycles. The van der Waals surface area contributed by atoms with Crippen LogP contribution in [0.15, 0.2) is 11.6 Å². The topological polar surface area (TPSA) is 98.0 Å². The summed E-state index contributed by atoms with van der Waals surface area (Å²) in [6, 6.07) is 0. The number of carboxylic acid groups (broad SMARTS) is 1. The maximum Gasteiger partial charge on any atom is 0.310 e. The van der Waals surface area contributed by atoms with E-state index < -0.39 is 29.0 Å². The van der Waals surface area contributed by atoms with Crippen molar-refractivity contribution in [3.63, 3.8) is 0 Å². The van der Waals surface area contributed by atoms with E-state index in [-0.39, 0.29) is 40.6 Å². The maximum absolute atomic E-state index is 12.8. The largest absolute Gasteiger partial charge is 0.481 e. The molecule has 5 rings (SSSR count). The number of hydrogen-bond acceptors (Lipinski definition) is 4. The Balaban J connectivity index is 1.58. The SMILES string of the molecule is CC1=CCC2(C(=O)O)CCC3(C)C(CCC4C5(C)CC(O)C(O)C(C)(CO)C5CCC43C)C2C1C. The van der Waals surface area contributed by atoms with Crippen LogP contribution in [0, 0.1) is 56.7 Å². The van der Waals surface area contributed by atoms with Crippen molar-refractivity contribution in [2.24, 2.45) is 56.7 Å². The van der Waals surface area contributed by atoms with E-state index in [1.54, 1.807) is 0 Å². The van der Waals surface area contributed by atoms with Gasteiger partial charge >= 0.3 is 5.97 Å². The van der Waals surface area contributed by atoms with Crippen molar-refractivity contribution < 1.29 is 25.2 Å². The van der Waals surface area contributed by atoms with Crippen molar-refractivity contribution in [3.05, 3.63) is 11.6 Å². The van der Waals surface area contributed by atoms with Gasteiger partial charge in [0.25, 0.3) is 0 Å². The van der Waals surface area contributed by atoms with Gasteiger partial charge in [-0.25, -0.2) is 0 Å². The molecule has 0 bridgehead atoms. The fourth-order valence-electron chi connectivity index (χ4n) is 11.4. The van der Waals surface area contributed by atoms with E-state index in [1.165, 1.54) is 5.57 Å². The Hall–Kier alpha value is -0.910. The van der Waals surface area contributed by atoms with Crippen LogP contribution >= 0.6 is 0 Å². The number of aliphatic hydroxyl groups is 3. The lowest BCUT2D eigenvalue weighted by Crippen LogP contribution is -2.70. The number of carboxylic acids is 1. The molecule has 0 radical (unpaired) electrons. The minimum Gasteiger partial charge on any atom is -0.481 e. The zero-order valence-electron chi connectivity index (χ0n) is 22.7. The van der Waals surface area contributed by atoms with Gasteiger partial charge in [-0.2, -0.15) is 0 Å². The van der Waals surface area contributed by atoms with Crippen molar-refractivity contribution in [2.45, 2.75) is 105 Å². The highest BCUT2D eigenvalue weighted by molar-refractivity contribution is 5.76. The maximum atomic E-state index is 12.8. The number of carbonyl (C=O) groups is 1. The molecule has 12 unspecified atom stereocenters. The van der Waals surface area contributed by atoms with Crippen molar-refractivity contribution in [1.29, 1.82) is 0 Å². The fourth-order valence-corrected chi connectivity index (χ4v) is 11.4. The first-order valence-corrected chi connectivity index (χ1v) is 14.1. The first kappa shape index (κ1) is 25.7. The number of fused-ring (bicyclic) bond motifs is 7. The molecule has 12 atom stereocenters.